The Bertz CT molecular complexity index is 1470. The average Bonchev–Trinajstić information content (AvgIpc) is 3.70. The maximum Gasteiger partial charge on any atom is 0.653 e. The lowest BCUT2D eigenvalue weighted by atomic mass is 9.98. The van der Waals surface area contributed by atoms with E-state index < -0.39 is 57.0 Å². The number of nitrogens with two attached hydrogens (primary N) is 1. The van der Waals surface area contributed by atoms with Crippen molar-refractivity contribution in [2.75, 3.05) is 24.3 Å². The number of hydrogen-bond donors (Lipinski definition) is 2. The van der Waals surface area contributed by atoms with Gasteiger partial charge in [0.05, 0.1) is 12.4 Å². The first kappa shape index (κ1) is 31.0. The van der Waals surface area contributed by atoms with Gasteiger partial charge in [-0.15, -0.1) is 4.52 Å². The highest BCUT2D eigenvalue weighted by Crippen LogP contribution is 2.44. The van der Waals surface area contributed by atoms with Gasteiger partial charge in [-0.3, -0.25) is 9.36 Å². The predicted molar refractivity (Wildman–Crippen MR) is 154 cm³/mol. The Balaban J connectivity index is 1.34. The van der Waals surface area contributed by atoms with E-state index in [4.69, 9.17) is 24.6 Å². The molecule has 14 nitrogen and oxygen atoms in total. The topological polar surface area (TPSA) is 167 Å². The zero-order valence-corrected chi connectivity index (χ0v) is 25.4. The number of rotatable bonds is 12. The first-order valence-corrected chi connectivity index (χ1v) is 15.1. The summed E-state index contributed by atoms with van der Waals surface area (Å²) >= 11 is 0. The minimum absolute atomic E-state index is 0.0173. The van der Waals surface area contributed by atoms with E-state index in [1.54, 1.807) is 44.2 Å². The number of benzene rings is 1. The lowest BCUT2D eigenvalue weighted by molar-refractivity contribution is -0.159. The van der Waals surface area contributed by atoms with Gasteiger partial charge in [0.25, 0.3) is 0 Å². The summed E-state index contributed by atoms with van der Waals surface area (Å²) in [4.78, 5) is 34.2. The predicted octanol–water partition coefficient (Wildman–Crippen LogP) is 3.30. The largest absolute Gasteiger partial charge is 0.653 e. The van der Waals surface area contributed by atoms with Crippen LogP contribution in [0.1, 0.15) is 46.8 Å². The number of esters is 1. The number of alkyl halides is 1. The van der Waals surface area contributed by atoms with E-state index in [9.17, 15) is 14.5 Å². The van der Waals surface area contributed by atoms with Crippen LogP contribution in [0.25, 0.3) is 11.2 Å². The van der Waals surface area contributed by atoms with Gasteiger partial charge in [0.15, 0.2) is 40.7 Å². The van der Waals surface area contributed by atoms with Gasteiger partial charge in [-0.25, -0.2) is 9.37 Å². The molecule has 0 radical (unpaired) electrons. The van der Waals surface area contributed by atoms with E-state index in [2.05, 4.69) is 15.0 Å². The minimum atomic E-state index is -2.85. The summed E-state index contributed by atoms with van der Waals surface area (Å²) in [6, 6.07) is 7.57. The van der Waals surface area contributed by atoms with Gasteiger partial charge in [-0.1, -0.05) is 18.2 Å². The molecule has 2 aliphatic rings. The van der Waals surface area contributed by atoms with Crippen molar-refractivity contribution in [2.45, 2.75) is 82.8 Å². The van der Waals surface area contributed by atoms with Crippen LogP contribution in [0.5, 0.6) is 5.75 Å². The van der Waals surface area contributed by atoms with E-state index in [0.717, 1.165) is 17.7 Å². The normalized spacial score (nSPS) is 24.9. The van der Waals surface area contributed by atoms with Gasteiger partial charge >= 0.3 is 14.1 Å². The monoisotopic (exact) mass is 620 g/mol. The van der Waals surface area contributed by atoms with E-state index in [0.29, 0.717) is 23.1 Å². The van der Waals surface area contributed by atoms with Gasteiger partial charge in [0.2, 0.25) is 5.95 Å². The molecule has 0 spiro atoms. The third-order valence-electron chi connectivity index (χ3n) is 7.30. The first-order chi connectivity index (χ1) is 20.4. The fourth-order valence-electron chi connectivity index (χ4n) is 4.78. The van der Waals surface area contributed by atoms with Gasteiger partial charge in [0.1, 0.15) is 23.6 Å². The smallest absolute Gasteiger partial charge is 0.462 e. The Morgan fingerprint density at radius 1 is 1.28 bits per heavy atom. The quantitative estimate of drug-likeness (QED) is 0.172. The van der Waals surface area contributed by atoms with Crippen molar-refractivity contribution >= 4 is 37.1 Å². The van der Waals surface area contributed by atoms with Gasteiger partial charge in [-0.05, 0) is 57.2 Å². The number of carbonyl (C=O) groups excluding carboxylic acids is 1. The number of halogens is 1. The molecule has 3 N–H and O–H groups in total. The Labute approximate surface area is 248 Å². The number of imidazole rings is 1. The van der Waals surface area contributed by atoms with Crippen molar-refractivity contribution in [3.05, 3.63) is 36.7 Å². The molecule has 1 aliphatic carbocycles. The van der Waals surface area contributed by atoms with E-state index in [1.165, 1.54) is 24.7 Å². The molecular formula is C27H36FN7O7P+. The second kappa shape index (κ2) is 12.2. The number of anilines is 2. The lowest BCUT2D eigenvalue weighted by Gasteiger charge is -2.25. The molecule has 3 heterocycles. The maximum absolute atomic E-state index is 16.1. The van der Waals surface area contributed by atoms with Crippen LogP contribution in [0.4, 0.5) is 16.2 Å². The van der Waals surface area contributed by atoms with Crippen molar-refractivity contribution in [1.82, 2.24) is 24.4 Å². The molecule has 1 aliphatic heterocycles. The van der Waals surface area contributed by atoms with E-state index >= 15 is 4.39 Å². The van der Waals surface area contributed by atoms with Crippen molar-refractivity contribution in [2.24, 2.45) is 0 Å². The number of para-hydroxylation sites is 1. The maximum atomic E-state index is 16.1. The molecule has 2 unspecified atom stereocenters. The molecule has 1 aromatic carbocycles. The second-order valence-electron chi connectivity index (χ2n) is 11.1. The number of nitrogen functional groups attached to an aromatic ring is 1. The number of aromatic nitrogens is 4. The number of hydrogen-bond acceptors (Lipinski definition) is 12. The molecule has 43 heavy (non-hydrogen) atoms. The van der Waals surface area contributed by atoms with Crippen LogP contribution in [0.3, 0.4) is 0 Å². The number of ether oxygens (including phenoxy) is 2. The van der Waals surface area contributed by atoms with Gasteiger partial charge in [-0.2, -0.15) is 9.97 Å². The summed E-state index contributed by atoms with van der Waals surface area (Å²) in [7, 11) is -0.965. The standard InChI is InChI=1S/C27H36FN7O7P/c1-15(2)40-24(37)16(3)35(42-18-9-7-6-8-10-18)43(38)39-13-19-21(36)27(4,28)25(41-19)34-14-30-20-22(33(5)17-11-12-17)31-26(29)32-23(20)34/h6-10,14-17,19,21,25,36H,11-13H2,1-5H3,(H2,29,31,32)/q+1/t16-,19?,21+,25+,27+/m0/s1. The first-order valence-electron chi connectivity index (χ1n) is 14.0. The van der Waals surface area contributed by atoms with Crippen molar-refractivity contribution < 1.29 is 37.7 Å². The molecule has 0 bridgehead atoms. The zero-order chi connectivity index (χ0) is 31.1. The molecule has 1 saturated carbocycles. The second-order valence-corrected chi connectivity index (χ2v) is 12.2. The number of hydroxylamine groups is 1. The fraction of sp³-hybridized carbons (Fsp3) is 0.556. The molecule has 0 amide bonds. The molecule has 1 saturated heterocycles. The van der Waals surface area contributed by atoms with Crippen molar-refractivity contribution in [3.8, 4) is 5.75 Å². The van der Waals surface area contributed by atoms with E-state index in [-0.39, 0.29) is 11.6 Å². The van der Waals surface area contributed by atoms with Gasteiger partial charge < -0.3 is 30.1 Å². The van der Waals surface area contributed by atoms with Crippen LogP contribution < -0.4 is 15.5 Å². The third kappa shape index (κ3) is 6.41. The fourth-order valence-corrected chi connectivity index (χ4v) is 5.71. The Morgan fingerprint density at radius 2 is 1.98 bits per heavy atom. The molecular weight excluding hydrogens is 584 g/mol. The number of fused-ring (bicyclic) bond motifs is 1. The Hall–Kier alpha value is -3.49. The summed E-state index contributed by atoms with van der Waals surface area (Å²) in [5, 5.41) is 10.9. The summed E-state index contributed by atoms with van der Waals surface area (Å²) in [6.45, 7) is 5.51. The third-order valence-corrected chi connectivity index (χ3v) is 8.42. The van der Waals surface area contributed by atoms with Crippen LogP contribution in [-0.4, -0.2) is 85.1 Å². The summed E-state index contributed by atoms with van der Waals surface area (Å²) < 4.78 is 47.5. The number of aliphatic hydroxyl groups is 1. The Morgan fingerprint density at radius 3 is 2.63 bits per heavy atom. The summed E-state index contributed by atoms with van der Waals surface area (Å²) in [5.74, 6) is 0.109. The van der Waals surface area contributed by atoms with Crippen LogP contribution in [0.15, 0.2) is 36.7 Å². The molecule has 6 atom stereocenters. The number of carbonyl (C=O) groups is 1. The molecule has 3 aromatic rings. The molecule has 2 aromatic heterocycles. The number of nitrogens with zero attached hydrogens (tertiary/aromatic N) is 6. The number of aliphatic hydroxyl groups excluding tert-OH is 1. The molecule has 232 valence electrons. The zero-order valence-electron chi connectivity index (χ0n) is 24.5. The van der Waals surface area contributed by atoms with Crippen LogP contribution >= 0.6 is 8.18 Å². The lowest BCUT2D eigenvalue weighted by Crippen LogP contribution is -2.41. The highest BCUT2D eigenvalue weighted by atomic mass is 31.1. The summed E-state index contributed by atoms with van der Waals surface area (Å²) in [5.41, 5.74) is 4.32. The summed E-state index contributed by atoms with van der Waals surface area (Å²) in [6.07, 6.45) is -1.34. The van der Waals surface area contributed by atoms with Gasteiger partial charge in [0, 0.05) is 13.1 Å². The molecule has 16 heteroatoms. The minimum Gasteiger partial charge on any atom is -0.462 e. The Kier molecular flexibility index (Phi) is 8.82. The highest BCUT2D eigenvalue weighted by molar-refractivity contribution is 7.36. The van der Waals surface area contributed by atoms with E-state index in [1.807, 2.05) is 11.9 Å². The van der Waals surface area contributed by atoms with Crippen molar-refractivity contribution in [1.29, 1.82) is 0 Å². The SMILES string of the molecule is CC(C)OC(=O)[C@H](C)N(Oc1ccccc1)[P+](=O)OCC1O[C@@H](n2cnc3c(N(C)C4CC4)nc(N)nc32)[C@](C)(F)[C@@H]1O. The average molecular weight is 621 g/mol. The van der Waals surface area contributed by atoms with Crippen LogP contribution in [0, 0.1) is 0 Å². The molecule has 5 rings (SSSR count). The highest BCUT2D eigenvalue weighted by Gasteiger charge is 2.57. The van der Waals surface area contributed by atoms with Crippen LogP contribution in [-0.2, 0) is 23.4 Å². The molecule has 2 fully saturated rings. The van der Waals surface area contributed by atoms with Crippen molar-refractivity contribution in [3.63, 3.8) is 0 Å². The van der Waals surface area contributed by atoms with Crippen LogP contribution in [0.2, 0.25) is 0 Å².